The minimum Gasteiger partial charge on any atom is -0.380 e. The summed E-state index contributed by atoms with van der Waals surface area (Å²) in [5.41, 5.74) is 5.43. The van der Waals surface area contributed by atoms with Gasteiger partial charge in [0.15, 0.2) is 11.7 Å². The molecule has 0 aromatic rings. The molecule has 0 unspecified atom stereocenters. The lowest BCUT2D eigenvalue weighted by atomic mass is 10.3. The van der Waals surface area contributed by atoms with Crippen molar-refractivity contribution in [3.8, 4) is 11.8 Å². The highest BCUT2D eigenvalue weighted by Crippen LogP contribution is 2.02. The summed E-state index contributed by atoms with van der Waals surface area (Å²) in [7, 11) is -3.76. The first-order valence-corrected chi connectivity index (χ1v) is 8.00. The molecule has 0 aromatic carbocycles. The second-order valence-corrected chi connectivity index (χ2v) is 5.47. The average Bonchev–Trinajstić information content (AvgIpc) is 2.66. The van der Waals surface area contributed by atoms with Crippen LogP contribution in [0, 0.1) is 11.8 Å². The third kappa shape index (κ3) is 5.59. The van der Waals surface area contributed by atoms with E-state index in [-0.39, 0.29) is 11.7 Å². The molecule has 0 aliphatic carbocycles. The predicted molar refractivity (Wildman–Crippen MR) is 80.8 cm³/mol. The van der Waals surface area contributed by atoms with Gasteiger partial charge < -0.3 is 11.1 Å². The fraction of sp³-hybridized carbons (Fsp3) is 0.667. The summed E-state index contributed by atoms with van der Waals surface area (Å²) < 4.78 is 28.7. The molecule has 0 saturated heterocycles. The fourth-order valence-electron chi connectivity index (χ4n) is 1.56. The van der Waals surface area contributed by atoms with E-state index in [0.29, 0.717) is 6.54 Å². The Labute approximate surface area is 120 Å². The molecule has 8 heteroatoms. The zero-order chi connectivity index (χ0) is 15.0. The lowest BCUT2D eigenvalue weighted by molar-refractivity contribution is 0.342. The highest BCUT2D eigenvalue weighted by molar-refractivity contribution is 7.89. The van der Waals surface area contributed by atoms with Crippen LogP contribution in [0.5, 0.6) is 0 Å². The first-order chi connectivity index (χ1) is 9.48. The van der Waals surface area contributed by atoms with Gasteiger partial charge in [0.25, 0.3) is 0 Å². The van der Waals surface area contributed by atoms with Crippen LogP contribution in [-0.2, 0) is 10.2 Å². The zero-order valence-corrected chi connectivity index (χ0v) is 12.7. The van der Waals surface area contributed by atoms with Gasteiger partial charge in [-0.25, -0.2) is 0 Å². The summed E-state index contributed by atoms with van der Waals surface area (Å²) >= 11 is 0. The summed E-state index contributed by atoms with van der Waals surface area (Å²) in [6.07, 6.45) is 1.53. The summed E-state index contributed by atoms with van der Waals surface area (Å²) in [5, 5.41) is 2.85. The van der Waals surface area contributed by atoms with E-state index in [2.05, 4.69) is 44.7 Å². The van der Waals surface area contributed by atoms with Crippen molar-refractivity contribution in [2.75, 3.05) is 26.2 Å². The van der Waals surface area contributed by atoms with Crippen LogP contribution in [0.2, 0.25) is 0 Å². The standard InChI is InChI=1S/C12H21N5O2S/c1-3-17(4-2)10-8-6-5-7-9-14-12-11(13)15-20(18,19)16-12/h3-5,7,9-10H2,1-2H3,(H2,13,15)(H,14,16). The number of nitrogens with one attached hydrogen (secondary N) is 1. The lowest BCUT2D eigenvalue weighted by Crippen LogP contribution is -2.35. The maximum absolute atomic E-state index is 11.0. The van der Waals surface area contributed by atoms with Crippen molar-refractivity contribution in [3.05, 3.63) is 0 Å². The van der Waals surface area contributed by atoms with Gasteiger partial charge in [0.2, 0.25) is 0 Å². The number of hydrogen-bond donors (Lipinski definition) is 2. The van der Waals surface area contributed by atoms with Crippen molar-refractivity contribution >= 4 is 21.9 Å². The van der Waals surface area contributed by atoms with Gasteiger partial charge in [0.05, 0.1) is 6.54 Å². The van der Waals surface area contributed by atoms with Gasteiger partial charge in [-0.2, -0.15) is 8.42 Å². The Hall–Kier alpha value is -1.59. The molecule has 1 heterocycles. The molecule has 0 fully saturated rings. The minimum atomic E-state index is -3.76. The lowest BCUT2D eigenvalue weighted by Gasteiger charge is -2.13. The molecule has 1 rings (SSSR count). The number of nitrogens with zero attached hydrogens (tertiary/aromatic N) is 3. The molecule has 7 nitrogen and oxygen atoms in total. The fourth-order valence-corrected chi connectivity index (χ4v) is 2.32. The van der Waals surface area contributed by atoms with Crippen molar-refractivity contribution < 1.29 is 8.42 Å². The summed E-state index contributed by atoms with van der Waals surface area (Å²) in [4.78, 5) is 2.24. The number of unbranched alkanes of at least 4 members (excludes halogenated alkanes) is 1. The first-order valence-electron chi connectivity index (χ1n) is 6.61. The van der Waals surface area contributed by atoms with Gasteiger partial charge in [0.1, 0.15) is 0 Å². The molecule has 1 aliphatic heterocycles. The Balaban J connectivity index is 2.21. The molecule has 0 saturated carbocycles. The summed E-state index contributed by atoms with van der Waals surface area (Å²) in [6, 6.07) is 0. The Morgan fingerprint density at radius 3 is 2.50 bits per heavy atom. The largest absolute Gasteiger partial charge is 0.380 e. The van der Waals surface area contributed by atoms with Crippen molar-refractivity contribution in [2.24, 2.45) is 14.5 Å². The van der Waals surface area contributed by atoms with Crippen LogP contribution in [0.25, 0.3) is 0 Å². The average molecular weight is 299 g/mol. The third-order valence-electron chi connectivity index (χ3n) is 2.76. The summed E-state index contributed by atoms with van der Waals surface area (Å²) in [6.45, 7) is 7.56. The van der Waals surface area contributed by atoms with Crippen molar-refractivity contribution in [2.45, 2.75) is 26.7 Å². The molecule has 0 atom stereocenters. The quantitative estimate of drug-likeness (QED) is 0.519. The molecule has 0 aromatic heterocycles. The highest BCUT2D eigenvalue weighted by atomic mass is 32.2. The molecule has 0 bridgehead atoms. The second-order valence-electron chi connectivity index (χ2n) is 4.21. The van der Waals surface area contributed by atoms with Crippen LogP contribution in [0.3, 0.4) is 0 Å². The van der Waals surface area contributed by atoms with Crippen LogP contribution >= 0.6 is 0 Å². The number of amidine groups is 2. The van der Waals surface area contributed by atoms with Gasteiger partial charge in [-0.05, 0) is 19.5 Å². The second kappa shape index (κ2) is 7.87. The topological polar surface area (TPSA) is 100 Å². The molecule has 3 N–H and O–H groups in total. The minimum absolute atomic E-state index is 0.0855. The molecule has 0 amide bonds. The molecule has 1 aliphatic rings. The van der Waals surface area contributed by atoms with E-state index in [1.54, 1.807) is 0 Å². The van der Waals surface area contributed by atoms with Crippen molar-refractivity contribution in [3.63, 3.8) is 0 Å². The van der Waals surface area contributed by atoms with E-state index < -0.39 is 10.2 Å². The molecule has 112 valence electrons. The Kier molecular flexibility index (Phi) is 6.48. The first kappa shape index (κ1) is 16.5. The molecule has 20 heavy (non-hydrogen) atoms. The van der Waals surface area contributed by atoms with Gasteiger partial charge in [-0.1, -0.05) is 19.8 Å². The SMILES string of the molecule is CCN(CC)CC#CCCCNC1=NS(=O)(=O)N=C1N. The smallest absolute Gasteiger partial charge is 0.367 e. The van der Waals surface area contributed by atoms with Gasteiger partial charge in [-0.3, -0.25) is 4.90 Å². The van der Waals surface area contributed by atoms with Gasteiger partial charge in [0, 0.05) is 13.0 Å². The molecule has 0 radical (unpaired) electrons. The predicted octanol–water partition coefficient (Wildman–Crippen LogP) is -0.284. The van der Waals surface area contributed by atoms with Gasteiger partial charge in [-0.15, -0.1) is 14.7 Å². The van der Waals surface area contributed by atoms with Crippen LogP contribution < -0.4 is 11.1 Å². The molecule has 0 spiro atoms. The van der Waals surface area contributed by atoms with Crippen LogP contribution in [0.4, 0.5) is 0 Å². The van der Waals surface area contributed by atoms with E-state index in [0.717, 1.165) is 32.5 Å². The van der Waals surface area contributed by atoms with Crippen molar-refractivity contribution in [1.29, 1.82) is 0 Å². The van der Waals surface area contributed by atoms with E-state index in [9.17, 15) is 8.42 Å². The maximum Gasteiger partial charge on any atom is 0.367 e. The highest BCUT2D eigenvalue weighted by Gasteiger charge is 2.20. The van der Waals surface area contributed by atoms with E-state index in [1.165, 1.54) is 0 Å². The van der Waals surface area contributed by atoms with Crippen molar-refractivity contribution in [1.82, 2.24) is 10.2 Å². The zero-order valence-electron chi connectivity index (χ0n) is 11.9. The van der Waals surface area contributed by atoms with Gasteiger partial charge >= 0.3 is 10.2 Å². The Bertz CT molecular complexity index is 538. The summed E-state index contributed by atoms with van der Waals surface area (Å²) in [5.74, 6) is 6.24. The monoisotopic (exact) mass is 299 g/mol. The molecular weight excluding hydrogens is 278 g/mol. The number of hydrogen-bond acceptors (Lipinski definition) is 5. The Morgan fingerprint density at radius 1 is 1.25 bits per heavy atom. The number of rotatable bonds is 6. The van der Waals surface area contributed by atoms with E-state index >= 15 is 0 Å². The van der Waals surface area contributed by atoms with Crippen LogP contribution in [-0.4, -0.2) is 51.2 Å². The normalized spacial score (nSPS) is 16.4. The van der Waals surface area contributed by atoms with Crippen LogP contribution in [0.15, 0.2) is 8.80 Å². The van der Waals surface area contributed by atoms with Crippen LogP contribution in [0.1, 0.15) is 26.7 Å². The molecular formula is C12H21N5O2S. The third-order valence-corrected chi connectivity index (χ3v) is 3.60. The Morgan fingerprint density at radius 2 is 1.95 bits per heavy atom. The maximum atomic E-state index is 11.0. The van der Waals surface area contributed by atoms with E-state index in [1.807, 2.05) is 0 Å². The van der Waals surface area contributed by atoms with E-state index in [4.69, 9.17) is 5.73 Å². The number of nitrogens with two attached hydrogens (primary N) is 1.